The van der Waals surface area contributed by atoms with Crippen LogP contribution in [0.5, 0.6) is 0 Å². The van der Waals surface area contributed by atoms with Gasteiger partial charge in [0.15, 0.2) is 0 Å². The largest absolute Gasteiger partial charge is 0.371 e. The van der Waals surface area contributed by atoms with Crippen LogP contribution in [0.25, 0.3) is 0 Å². The van der Waals surface area contributed by atoms with E-state index in [2.05, 4.69) is 68.7 Å². The average molecular weight is 333 g/mol. The fourth-order valence-electron chi connectivity index (χ4n) is 3.03. The Labute approximate surface area is 149 Å². The summed E-state index contributed by atoms with van der Waals surface area (Å²) in [5.41, 5.74) is 2.64. The van der Waals surface area contributed by atoms with E-state index in [9.17, 15) is 0 Å². The van der Waals surface area contributed by atoms with Gasteiger partial charge in [-0.25, -0.2) is 0 Å². The van der Waals surface area contributed by atoms with Gasteiger partial charge < -0.3 is 9.64 Å². The second kappa shape index (κ2) is 8.98. The van der Waals surface area contributed by atoms with Gasteiger partial charge in [-0.05, 0) is 37.3 Å². The Morgan fingerprint density at radius 2 is 1.50 bits per heavy atom. The van der Waals surface area contributed by atoms with Crippen molar-refractivity contribution in [2.24, 2.45) is 5.92 Å². The lowest BCUT2D eigenvalue weighted by molar-refractivity contribution is -0.0316. The van der Waals surface area contributed by atoms with E-state index in [1.807, 2.05) is 0 Å². The Balaban J connectivity index is 1.76. The van der Waals surface area contributed by atoms with Crippen LogP contribution in [0.15, 0.2) is 24.3 Å². The highest BCUT2D eigenvalue weighted by molar-refractivity contribution is 5.22. The van der Waals surface area contributed by atoms with E-state index in [1.165, 1.54) is 43.9 Å². The molecular formula is C21H36N2O. The number of ether oxygens (including phenoxy) is 1. The van der Waals surface area contributed by atoms with E-state index < -0.39 is 0 Å². The molecular weight excluding hydrogens is 296 g/mol. The summed E-state index contributed by atoms with van der Waals surface area (Å²) >= 11 is 0. The lowest BCUT2D eigenvalue weighted by Crippen LogP contribution is -2.46. The predicted octanol–water partition coefficient (Wildman–Crippen LogP) is 4.17. The van der Waals surface area contributed by atoms with E-state index in [-0.39, 0.29) is 5.60 Å². The minimum absolute atomic E-state index is 0.0334. The van der Waals surface area contributed by atoms with Gasteiger partial charge >= 0.3 is 0 Å². The molecule has 1 aliphatic rings. The first kappa shape index (κ1) is 19.4. The van der Waals surface area contributed by atoms with Crippen molar-refractivity contribution in [3.63, 3.8) is 0 Å². The van der Waals surface area contributed by atoms with Crippen molar-refractivity contribution in [1.82, 2.24) is 9.80 Å². The highest BCUT2D eigenvalue weighted by Gasteiger charge is 2.18. The minimum atomic E-state index is -0.0334. The zero-order valence-corrected chi connectivity index (χ0v) is 16.3. The molecule has 0 radical (unpaired) electrons. The molecule has 3 nitrogen and oxygen atoms in total. The Morgan fingerprint density at radius 1 is 0.958 bits per heavy atom. The number of hydrogen-bond donors (Lipinski definition) is 0. The molecule has 1 heterocycles. The average Bonchev–Trinajstić information content (AvgIpc) is 2.56. The molecule has 1 aromatic carbocycles. The molecule has 0 aromatic heterocycles. The van der Waals surface area contributed by atoms with Gasteiger partial charge in [0, 0.05) is 39.3 Å². The molecule has 0 spiro atoms. The van der Waals surface area contributed by atoms with Gasteiger partial charge in [0.25, 0.3) is 0 Å². The van der Waals surface area contributed by atoms with Gasteiger partial charge in [-0.15, -0.1) is 0 Å². The Bertz CT molecular complexity index is 473. The number of rotatable bonds is 8. The van der Waals surface area contributed by atoms with Gasteiger partial charge in [0.1, 0.15) is 0 Å². The van der Waals surface area contributed by atoms with Gasteiger partial charge in [-0.1, -0.05) is 45.0 Å². The van der Waals surface area contributed by atoms with Crippen LogP contribution in [0.2, 0.25) is 0 Å². The summed E-state index contributed by atoms with van der Waals surface area (Å²) in [6, 6.07) is 8.96. The number of nitrogens with zero attached hydrogens (tertiary/aromatic N) is 2. The van der Waals surface area contributed by atoms with Gasteiger partial charge in [-0.3, -0.25) is 4.90 Å². The van der Waals surface area contributed by atoms with Crippen molar-refractivity contribution in [2.45, 2.75) is 59.8 Å². The third kappa shape index (κ3) is 6.54. The summed E-state index contributed by atoms with van der Waals surface area (Å²) in [7, 11) is 0. The molecule has 2 rings (SSSR count). The molecule has 1 aliphatic heterocycles. The van der Waals surface area contributed by atoms with Crippen molar-refractivity contribution in [1.29, 1.82) is 0 Å². The van der Waals surface area contributed by atoms with Crippen LogP contribution in [0.3, 0.4) is 0 Å². The van der Waals surface area contributed by atoms with E-state index in [4.69, 9.17) is 4.74 Å². The third-order valence-electron chi connectivity index (χ3n) is 5.00. The maximum Gasteiger partial charge on any atom is 0.0724 e. The van der Waals surface area contributed by atoms with Crippen LogP contribution in [-0.2, 0) is 17.9 Å². The highest BCUT2D eigenvalue weighted by Crippen LogP contribution is 2.17. The molecule has 0 saturated carbocycles. The van der Waals surface area contributed by atoms with Crippen LogP contribution >= 0.6 is 0 Å². The molecule has 1 saturated heterocycles. The first-order valence-electron chi connectivity index (χ1n) is 9.54. The first-order valence-corrected chi connectivity index (χ1v) is 9.54. The van der Waals surface area contributed by atoms with E-state index in [1.54, 1.807) is 0 Å². The normalized spacial score (nSPS) is 17.6. The predicted molar refractivity (Wildman–Crippen MR) is 102 cm³/mol. The van der Waals surface area contributed by atoms with Crippen molar-refractivity contribution >= 4 is 0 Å². The smallest absolute Gasteiger partial charge is 0.0724 e. The second-order valence-corrected chi connectivity index (χ2v) is 8.19. The zero-order chi connectivity index (χ0) is 17.6. The van der Waals surface area contributed by atoms with Crippen molar-refractivity contribution in [3.05, 3.63) is 35.4 Å². The Kier molecular flexibility index (Phi) is 7.27. The molecule has 24 heavy (non-hydrogen) atoms. The second-order valence-electron chi connectivity index (χ2n) is 8.19. The summed E-state index contributed by atoms with van der Waals surface area (Å²) in [6.07, 6.45) is 1.04. The van der Waals surface area contributed by atoms with E-state index >= 15 is 0 Å². The number of benzene rings is 1. The summed E-state index contributed by atoms with van der Waals surface area (Å²) in [6.45, 7) is 18.9. The van der Waals surface area contributed by atoms with Gasteiger partial charge in [-0.2, -0.15) is 0 Å². The molecule has 136 valence electrons. The fraction of sp³-hybridized carbons (Fsp3) is 0.714. The standard InChI is InChI=1S/C21H36N2O/c1-6-21(4,5)24-17-20-9-7-19(8-10-20)16-23-13-11-22(12-14-23)15-18(2)3/h7-10,18H,6,11-17H2,1-5H3. The summed E-state index contributed by atoms with van der Waals surface area (Å²) < 4.78 is 5.98. The third-order valence-corrected chi connectivity index (χ3v) is 5.00. The van der Waals surface area contributed by atoms with Gasteiger partial charge in [0.2, 0.25) is 0 Å². The fourth-order valence-corrected chi connectivity index (χ4v) is 3.03. The Morgan fingerprint density at radius 3 is 2.04 bits per heavy atom. The SMILES string of the molecule is CCC(C)(C)OCc1ccc(CN2CCN(CC(C)C)CC2)cc1. The monoisotopic (exact) mass is 332 g/mol. The van der Waals surface area contributed by atoms with E-state index in [0.29, 0.717) is 6.61 Å². The molecule has 0 N–H and O–H groups in total. The molecule has 0 aliphatic carbocycles. The van der Waals surface area contributed by atoms with Crippen molar-refractivity contribution in [2.75, 3.05) is 32.7 Å². The van der Waals surface area contributed by atoms with E-state index in [0.717, 1.165) is 18.9 Å². The number of piperazine rings is 1. The van der Waals surface area contributed by atoms with Crippen LogP contribution < -0.4 is 0 Å². The summed E-state index contributed by atoms with van der Waals surface area (Å²) in [5.74, 6) is 0.768. The quantitative estimate of drug-likeness (QED) is 0.711. The molecule has 0 bridgehead atoms. The first-order chi connectivity index (χ1) is 11.4. The minimum Gasteiger partial charge on any atom is -0.371 e. The van der Waals surface area contributed by atoms with Crippen molar-refractivity contribution in [3.8, 4) is 0 Å². The van der Waals surface area contributed by atoms with Gasteiger partial charge in [0.05, 0.1) is 12.2 Å². The molecule has 1 fully saturated rings. The lowest BCUT2D eigenvalue weighted by atomic mass is 10.1. The molecule has 0 atom stereocenters. The van der Waals surface area contributed by atoms with Crippen molar-refractivity contribution < 1.29 is 4.74 Å². The van der Waals surface area contributed by atoms with Crippen LogP contribution in [0, 0.1) is 5.92 Å². The lowest BCUT2D eigenvalue weighted by Gasteiger charge is -2.35. The molecule has 0 amide bonds. The summed E-state index contributed by atoms with van der Waals surface area (Å²) in [5, 5.41) is 0. The number of hydrogen-bond acceptors (Lipinski definition) is 3. The van der Waals surface area contributed by atoms with Crippen LogP contribution in [0.1, 0.15) is 52.2 Å². The van der Waals surface area contributed by atoms with Crippen LogP contribution in [-0.4, -0.2) is 48.1 Å². The highest BCUT2D eigenvalue weighted by atomic mass is 16.5. The molecule has 0 unspecified atom stereocenters. The molecule has 1 aromatic rings. The molecule has 3 heteroatoms. The summed E-state index contributed by atoms with van der Waals surface area (Å²) in [4.78, 5) is 5.17. The Hall–Kier alpha value is -0.900. The topological polar surface area (TPSA) is 15.7 Å². The maximum absolute atomic E-state index is 5.98. The zero-order valence-electron chi connectivity index (χ0n) is 16.3. The van der Waals surface area contributed by atoms with Crippen LogP contribution in [0.4, 0.5) is 0 Å². The maximum atomic E-state index is 5.98.